The normalized spacial score (nSPS) is 21.8. The molecule has 0 aliphatic carbocycles. The van der Waals surface area contributed by atoms with Gasteiger partial charge in [-0.3, -0.25) is 0 Å². The molecule has 4 nitrogen and oxygen atoms in total. The predicted octanol–water partition coefficient (Wildman–Crippen LogP) is 1.79. The van der Waals surface area contributed by atoms with Crippen molar-refractivity contribution >= 4 is 11.8 Å². The third-order valence-corrected chi connectivity index (χ3v) is 3.44. The van der Waals surface area contributed by atoms with E-state index in [1.165, 1.54) is 6.42 Å². The first-order valence-corrected chi connectivity index (χ1v) is 6.66. The van der Waals surface area contributed by atoms with E-state index in [1.807, 2.05) is 11.8 Å². The second kappa shape index (κ2) is 5.51. The number of thioether (sulfide) groups is 1. The minimum atomic E-state index is 0.423. The molecule has 1 aromatic heterocycles. The summed E-state index contributed by atoms with van der Waals surface area (Å²) in [6.45, 7) is 4.22. The maximum absolute atomic E-state index is 5.29. The molecule has 1 aromatic rings. The van der Waals surface area contributed by atoms with Crippen molar-refractivity contribution in [2.24, 2.45) is 0 Å². The van der Waals surface area contributed by atoms with Gasteiger partial charge < -0.3 is 9.84 Å². The van der Waals surface area contributed by atoms with Gasteiger partial charge in [-0.05, 0) is 25.1 Å². The molecule has 0 radical (unpaired) electrons. The SMILES string of the molecule is CCSCc1noc([C@@H]2CCCNC2)n1. The molecule has 1 fully saturated rings. The zero-order chi connectivity index (χ0) is 10.5. The summed E-state index contributed by atoms with van der Waals surface area (Å²) in [5.74, 6) is 4.03. The highest BCUT2D eigenvalue weighted by Crippen LogP contribution is 2.22. The number of piperidine rings is 1. The van der Waals surface area contributed by atoms with Crippen LogP contribution in [0.25, 0.3) is 0 Å². The van der Waals surface area contributed by atoms with Gasteiger partial charge in [-0.2, -0.15) is 16.7 Å². The molecule has 0 spiro atoms. The summed E-state index contributed by atoms with van der Waals surface area (Å²) in [5.41, 5.74) is 0. The largest absolute Gasteiger partial charge is 0.339 e. The molecular weight excluding hydrogens is 210 g/mol. The van der Waals surface area contributed by atoms with E-state index in [4.69, 9.17) is 4.52 Å². The zero-order valence-electron chi connectivity index (χ0n) is 9.03. The Hall–Kier alpha value is -0.550. The average Bonchev–Trinajstić information content (AvgIpc) is 2.76. The molecule has 84 valence electrons. The van der Waals surface area contributed by atoms with Gasteiger partial charge in [-0.25, -0.2) is 0 Å². The van der Waals surface area contributed by atoms with Crippen LogP contribution in [0.15, 0.2) is 4.52 Å². The van der Waals surface area contributed by atoms with Gasteiger partial charge >= 0.3 is 0 Å². The van der Waals surface area contributed by atoms with Gasteiger partial charge in [0, 0.05) is 6.54 Å². The van der Waals surface area contributed by atoms with Crippen LogP contribution >= 0.6 is 11.8 Å². The lowest BCUT2D eigenvalue weighted by Gasteiger charge is -2.18. The smallest absolute Gasteiger partial charge is 0.231 e. The molecule has 1 atom stereocenters. The Morgan fingerprint density at radius 1 is 1.60 bits per heavy atom. The van der Waals surface area contributed by atoms with Crippen LogP contribution in [0.2, 0.25) is 0 Å². The van der Waals surface area contributed by atoms with E-state index in [9.17, 15) is 0 Å². The topological polar surface area (TPSA) is 51.0 Å². The number of aromatic nitrogens is 2. The Morgan fingerprint density at radius 2 is 2.53 bits per heavy atom. The van der Waals surface area contributed by atoms with E-state index in [0.717, 1.165) is 42.7 Å². The number of nitrogens with one attached hydrogen (secondary N) is 1. The second-order valence-corrected chi connectivity index (χ2v) is 5.00. The third-order valence-electron chi connectivity index (χ3n) is 2.57. The van der Waals surface area contributed by atoms with Crippen LogP contribution in [-0.4, -0.2) is 29.0 Å². The minimum Gasteiger partial charge on any atom is -0.339 e. The summed E-state index contributed by atoms with van der Waals surface area (Å²) in [4.78, 5) is 4.43. The van der Waals surface area contributed by atoms with Crippen molar-refractivity contribution in [3.8, 4) is 0 Å². The highest BCUT2D eigenvalue weighted by Gasteiger charge is 2.20. The van der Waals surface area contributed by atoms with Crippen LogP contribution in [0, 0.1) is 0 Å². The summed E-state index contributed by atoms with van der Waals surface area (Å²) < 4.78 is 5.29. The van der Waals surface area contributed by atoms with Gasteiger partial charge in [0.2, 0.25) is 5.89 Å². The lowest BCUT2D eigenvalue weighted by Crippen LogP contribution is -2.28. The lowest BCUT2D eigenvalue weighted by molar-refractivity contribution is 0.320. The van der Waals surface area contributed by atoms with Crippen LogP contribution in [0.5, 0.6) is 0 Å². The Morgan fingerprint density at radius 3 is 3.27 bits per heavy atom. The van der Waals surface area contributed by atoms with Crippen LogP contribution < -0.4 is 5.32 Å². The van der Waals surface area contributed by atoms with Crippen LogP contribution in [-0.2, 0) is 5.75 Å². The molecule has 1 saturated heterocycles. The van der Waals surface area contributed by atoms with Gasteiger partial charge in [0.1, 0.15) is 0 Å². The fourth-order valence-electron chi connectivity index (χ4n) is 1.75. The van der Waals surface area contributed by atoms with Crippen molar-refractivity contribution in [3.05, 3.63) is 11.7 Å². The highest BCUT2D eigenvalue weighted by molar-refractivity contribution is 7.98. The molecule has 1 aliphatic heterocycles. The van der Waals surface area contributed by atoms with Crippen molar-refractivity contribution in [1.82, 2.24) is 15.5 Å². The standard InChI is InChI=1S/C10H17N3OS/c1-2-15-7-9-12-10(14-13-9)8-4-3-5-11-6-8/h8,11H,2-7H2,1H3/t8-/m1/s1. The predicted molar refractivity (Wildman–Crippen MR) is 61.0 cm³/mol. The van der Waals surface area contributed by atoms with E-state index in [0.29, 0.717) is 5.92 Å². The van der Waals surface area contributed by atoms with Crippen LogP contribution in [0.3, 0.4) is 0 Å². The molecule has 0 amide bonds. The van der Waals surface area contributed by atoms with Crippen molar-refractivity contribution in [2.75, 3.05) is 18.8 Å². The summed E-state index contributed by atoms with van der Waals surface area (Å²) in [6, 6.07) is 0. The fraction of sp³-hybridized carbons (Fsp3) is 0.800. The van der Waals surface area contributed by atoms with Crippen molar-refractivity contribution < 1.29 is 4.52 Å². The van der Waals surface area contributed by atoms with Gasteiger partial charge in [-0.1, -0.05) is 12.1 Å². The Bertz CT molecular complexity index is 297. The van der Waals surface area contributed by atoms with Crippen molar-refractivity contribution in [2.45, 2.75) is 31.4 Å². The molecule has 0 saturated carbocycles. The molecule has 15 heavy (non-hydrogen) atoms. The van der Waals surface area contributed by atoms with Crippen LogP contribution in [0.4, 0.5) is 0 Å². The van der Waals surface area contributed by atoms with Gasteiger partial charge in [0.15, 0.2) is 5.82 Å². The second-order valence-electron chi connectivity index (χ2n) is 3.73. The first-order chi connectivity index (χ1) is 7.40. The van der Waals surface area contributed by atoms with E-state index in [1.54, 1.807) is 0 Å². The van der Waals surface area contributed by atoms with E-state index < -0.39 is 0 Å². The van der Waals surface area contributed by atoms with Crippen LogP contribution in [0.1, 0.15) is 37.4 Å². The van der Waals surface area contributed by atoms with E-state index in [-0.39, 0.29) is 0 Å². The molecule has 2 heterocycles. The number of hydrogen-bond donors (Lipinski definition) is 1. The summed E-state index contributed by atoms with van der Waals surface area (Å²) in [7, 11) is 0. The molecule has 0 unspecified atom stereocenters. The molecule has 1 aliphatic rings. The van der Waals surface area contributed by atoms with E-state index in [2.05, 4.69) is 22.4 Å². The maximum Gasteiger partial charge on any atom is 0.231 e. The molecule has 2 rings (SSSR count). The zero-order valence-corrected chi connectivity index (χ0v) is 9.85. The minimum absolute atomic E-state index is 0.423. The summed E-state index contributed by atoms with van der Waals surface area (Å²) in [6.07, 6.45) is 2.36. The summed E-state index contributed by atoms with van der Waals surface area (Å²) >= 11 is 1.82. The quantitative estimate of drug-likeness (QED) is 0.850. The summed E-state index contributed by atoms with van der Waals surface area (Å²) in [5, 5.41) is 7.35. The van der Waals surface area contributed by atoms with Crippen molar-refractivity contribution in [3.63, 3.8) is 0 Å². The van der Waals surface area contributed by atoms with Gasteiger partial charge in [0.25, 0.3) is 0 Å². The highest BCUT2D eigenvalue weighted by atomic mass is 32.2. The van der Waals surface area contributed by atoms with Crippen molar-refractivity contribution in [1.29, 1.82) is 0 Å². The first-order valence-electron chi connectivity index (χ1n) is 5.51. The first kappa shape index (κ1) is 11.0. The maximum atomic E-state index is 5.29. The van der Waals surface area contributed by atoms with Gasteiger partial charge in [-0.15, -0.1) is 0 Å². The molecule has 0 aromatic carbocycles. The number of nitrogens with zero attached hydrogens (tertiary/aromatic N) is 2. The molecular formula is C10H17N3OS. The van der Waals surface area contributed by atoms with E-state index >= 15 is 0 Å². The monoisotopic (exact) mass is 227 g/mol. The Kier molecular flexibility index (Phi) is 4.02. The number of hydrogen-bond acceptors (Lipinski definition) is 5. The fourth-order valence-corrected chi connectivity index (χ4v) is 2.25. The lowest BCUT2D eigenvalue weighted by atomic mass is 10.00. The average molecular weight is 227 g/mol. The molecule has 0 bridgehead atoms. The third kappa shape index (κ3) is 2.95. The number of rotatable bonds is 4. The molecule has 5 heteroatoms. The Balaban J connectivity index is 1.93. The van der Waals surface area contributed by atoms with Gasteiger partial charge in [0.05, 0.1) is 11.7 Å². The molecule has 1 N–H and O–H groups in total. The Labute approximate surface area is 94.2 Å².